The van der Waals surface area contributed by atoms with Crippen molar-refractivity contribution in [3.8, 4) is 0 Å². The average Bonchev–Trinajstić information content (AvgIpc) is 2.71. The Morgan fingerprint density at radius 2 is 1.68 bits per heavy atom. The monoisotopic (exact) mass is 382 g/mol. The molecule has 0 saturated carbocycles. The molecule has 0 aliphatic carbocycles. The molecule has 28 heavy (non-hydrogen) atoms. The number of carbonyl (C=O) groups excluding carboxylic acids is 3. The predicted molar refractivity (Wildman–Crippen MR) is 107 cm³/mol. The fourth-order valence-electron chi connectivity index (χ4n) is 2.69. The van der Waals surface area contributed by atoms with Crippen molar-refractivity contribution in [1.82, 2.24) is 10.2 Å². The fraction of sp³-hybridized carbons (Fsp3) is 0.318. The van der Waals surface area contributed by atoms with Crippen molar-refractivity contribution < 1.29 is 19.1 Å². The number of nitrogens with zero attached hydrogens (tertiary/aromatic N) is 1. The number of rotatable bonds is 9. The van der Waals surface area contributed by atoms with E-state index in [1.54, 1.807) is 17.0 Å². The molecule has 6 heteroatoms. The maximum atomic E-state index is 12.3. The van der Waals surface area contributed by atoms with Gasteiger partial charge in [-0.05, 0) is 31.0 Å². The Bertz CT molecular complexity index is 805. The first kappa shape index (κ1) is 21.2. The predicted octanol–water partition coefficient (Wildman–Crippen LogP) is 2.71. The molecule has 0 aromatic heterocycles. The second kappa shape index (κ2) is 10.9. The van der Waals surface area contributed by atoms with E-state index in [1.807, 2.05) is 56.3 Å². The van der Waals surface area contributed by atoms with Crippen molar-refractivity contribution in [3.05, 3.63) is 71.3 Å². The van der Waals surface area contributed by atoms with E-state index in [1.165, 1.54) is 0 Å². The van der Waals surface area contributed by atoms with Gasteiger partial charge in [-0.3, -0.25) is 14.4 Å². The Morgan fingerprint density at radius 3 is 2.36 bits per heavy atom. The van der Waals surface area contributed by atoms with Gasteiger partial charge >= 0.3 is 5.97 Å². The third kappa shape index (κ3) is 6.54. The van der Waals surface area contributed by atoms with Gasteiger partial charge < -0.3 is 15.0 Å². The van der Waals surface area contributed by atoms with E-state index in [-0.39, 0.29) is 31.4 Å². The summed E-state index contributed by atoms with van der Waals surface area (Å²) in [6, 6.07) is 16.9. The van der Waals surface area contributed by atoms with Crippen LogP contribution in [0.25, 0.3) is 0 Å². The SMILES string of the molecule is CCN(Cc1ccccc1)C(=O)COC(=O)CCNC(=O)c1ccccc1C. The van der Waals surface area contributed by atoms with E-state index in [9.17, 15) is 14.4 Å². The van der Waals surface area contributed by atoms with Crippen molar-refractivity contribution in [2.75, 3.05) is 19.7 Å². The van der Waals surface area contributed by atoms with Gasteiger partial charge in [0.1, 0.15) is 0 Å². The minimum absolute atomic E-state index is 0.00963. The minimum atomic E-state index is -0.519. The molecule has 148 valence electrons. The Hall–Kier alpha value is -3.15. The van der Waals surface area contributed by atoms with Crippen molar-refractivity contribution in [2.45, 2.75) is 26.8 Å². The van der Waals surface area contributed by atoms with Crippen LogP contribution in [0.4, 0.5) is 0 Å². The first-order chi connectivity index (χ1) is 13.5. The average molecular weight is 382 g/mol. The molecule has 2 amide bonds. The highest BCUT2D eigenvalue weighted by Crippen LogP contribution is 2.07. The summed E-state index contributed by atoms with van der Waals surface area (Å²) in [6.45, 7) is 4.58. The molecule has 6 nitrogen and oxygen atoms in total. The summed E-state index contributed by atoms with van der Waals surface area (Å²) in [4.78, 5) is 37.8. The summed E-state index contributed by atoms with van der Waals surface area (Å²) in [5.41, 5.74) is 2.46. The first-order valence-electron chi connectivity index (χ1n) is 9.32. The number of nitrogens with one attached hydrogen (secondary N) is 1. The lowest BCUT2D eigenvalue weighted by Gasteiger charge is -2.20. The molecule has 0 radical (unpaired) electrons. The fourth-order valence-corrected chi connectivity index (χ4v) is 2.69. The zero-order valence-corrected chi connectivity index (χ0v) is 16.3. The summed E-state index contributed by atoms with van der Waals surface area (Å²) < 4.78 is 5.05. The van der Waals surface area contributed by atoms with Crippen molar-refractivity contribution >= 4 is 17.8 Å². The number of ether oxygens (including phenoxy) is 1. The van der Waals surface area contributed by atoms with Gasteiger partial charge in [0.2, 0.25) is 0 Å². The van der Waals surface area contributed by atoms with Crippen molar-refractivity contribution in [2.24, 2.45) is 0 Å². The maximum Gasteiger partial charge on any atom is 0.308 e. The van der Waals surface area contributed by atoms with E-state index >= 15 is 0 Å². The summed E-state index contributed by atoms with van der Waals surface area (Å²) in [5.74, 6) is -1.00. The highest BCUT2D eigenvalue weighted by molar-refractivity contribution is 5.95. The molecule has 0 heterocycles. The molecule has 0 unspecified atom stereocenters. The van der Waals surface area contributed by atoms with Gasteiger partial charge in [0.05, 0.1) is 6.42 Å². The van der Waals surface area contributed by atoms with Crippen LogP contribution in [0.3, 0.4) is 0 Å². The lowest BCUT2D eigenvalue weighted by molar-refractivity contribution is -0.152. The molecule has 0 aliphatic heterocycles. The molecular weight excluding hydrogens is 356 g/mol. The number of amides is 2. The minimum Gasteiger partial charge on any atom is -0.456 e. The first-order valence-corrected chi connectivity index (χ1v) is 9.32. The van der Waals surface area contributed by atoms with Crippen LogP contribution in [0.2, 0.25) is 0 Å². The Balaban J connectivity index is 1.71. The van der Waals surface area contributed by atoms with E-state index in [4.69, 9.17) is 4.74 Å². The molecule has 0 bridgehead atoms. The second-order valence-corrected chi connectivity index (χ2v) is 6.38. The van der Waals surface area contributed by atoms with E-state index in [0.29, 0.717) is 18.7 Å². The molecule has 2 rings (SSSR count). The third-order valence-corrected chi connectivity index (χ3v) is 4.31. The smallest absolute Gasteiger partial charge is 0.308 e. The lowest BCUT2D eigenvalue weighted by atomic mass is 10.1. The highest BCUT2D eigenvalue weighted by Gasteiger charge is 2.15. The number of carbonyl (C=O) groups is 3. The molecule has 0 spiro atoms. The molecule has 1 N–H and O–H groups in total. The Labute approximate surface area is 165 Å². The van der Waals surface area contributed by atoms with Crippen LogP contribution in [0.15, 0.2) is 54.6 Å². The molecule has 0 atom stereocenters. The number of hydrogen-bond donors (Lipinski definition) is 1. The van der Waals surface area contributed by atoms with Gasteiger partial charge in [-0.15, -0.1) is 0 Å². The lowest BCUT2D eigenvalue weighted by Crippen LogP contribution is -2.34. The van der Waals surface area contributed by atoms with Crippen LogP contribution >= 0.6 is 0 Å². The Kier molecular flexibility index (Phi) is 8.21. The largest absolute Gasteiger partial charge is 0.456 e. The van der Waals surface area contributed by atoms with Gasteiger partial charge in [-0.25, -0.2) is 0 Å². The normalized spacial score (nSPS) is 10.2. The van der Waals surface area contributed by atoms with Crippen LogP contribution in [0.1, 0.15) is 34.8 Å². The zero-order chi connectivity index (χ0) is 20.4. The van der Waals surface area contributed by atoms with Gasteiger partial charge in [0.25, 0.3) is 11.8 Å². The standard InChI is InChI=1S/C22H26N2O4/c1-3-24(15-18-10-5-4-6-11-18)20(25)16-28-21(26)13-14-23-22(27)19-12-8-7-9-17(19)2/h4-12H,3,13-16H2,1-2H3,(H,23,27). The van der Waals surface area contributed by atoms with Crippen molar-refractivity contribution in [1.29, 1.82) is 0 Å². The number of benzene rings is 2. The summed E-state index contributed by atoms with van der Waals surface area (Å²) >= 11 is 0. The Morgan fingerprint density at radius 1 is 1.00 bits per heavy atom. The highest BCUT2D eigenvalue weighted by atomic mass is 16.5. The van der Waals surface area contributed by atoms with Crippen LogP contribution in [-0.2, 0) is 20.9 Å². The molecule has 0 fully saturated rings. The second-order valence-electron chi connectivity index (χ2n) is 6.38. The number of aryl methyl sites for hydroxylation is 1. The van der Waals surface area contributed by atoms with Crippen LogP contribution in [0, 0.1) is 6.92 Å². The molecule has 2 aromatic rings. The number of esters is 1. The summed E-state index contributed by atoms with van der Waals surface area (Å²) in [6.07, 6.45) is 0.00963. The van der Waals surface area contributed by atoms with Crippen LogP contribution in [0.5, 0.6) is 0 Å². The van der Waals surface area contributed by atoms with Gasteiger partial charge in [-0.1, -0.05) is 48.5 Å². The number of hydrogen-bond acceptors (Lipinski definition) is 4. The molecule has 0 aliphatic rings. The molecule has 0 saturated heterocycles. The van der Waals surface area contributed by atoms with Crippen LogP contribution in [-0.4, -0.2) is 42.4 Å². The van der Waals surface area contributed by atoms with E-state index < -0.39 is 5.97 Å². The third-order valence-electron chi connectivity index (χ3n) is 4.31. The summed E-state index contributed by atoms with van der Waals surface area (Å²) in [5, 5.41) is 2.69. The van der Waals surface area contributed by atoms with Gasteiger partial charge in [0.15, 0.2) is 6.61 Å². The summed E-state index contributed by atoms with van der Waals surface area (Å²) in [7, 11) is 0. The van der Waals surface area contributed by atoms with Crippen molar-refractivity contribution in [3.63, 3.8) is 0 Å². The topological polar surface area (TPSA) is 75.7 Å². The quantitative estimate of drug-likeness (QED) is 0.677. The van der Waals surface area contributed by atoms with E-state index in [0.717, 1.165) is 11.1 Å². The van der Waals surface area contributed by atoms with Crippen LogP contribution < -0.4 is 5.32 Å². The molecule has 2 aromatic carbocycles. The van der Waals surface area contributed by atoms with E-state index in [2.05, 4.69) is 5.32 Å². The number of likely N-dealkylation sites (N-methyl/N-ethyl adjacent to an activating group) is 1. The van der Waals surface area contributed by atoms with Gasteiger partial charge in [0, 0.05) is 25.2 Å². The van der Waals surface area contributed by atoms with Gasteiger partial charge in [-0.2, -0.15) is 0 Å². The zero-order valence-electron chi connectivity index (χ0n) is 16.3. The maximum absolute atomic E-state index is 12.3. The molecular formula is C22H26N2O4.